The first-order chi connectivity index (χ1) is 17.1. The minimum atomic E-state index is -0.661. The highest BCUT2D eigenvalue weighted by molar-refractivity contribution is 9.10. The summed E-state index contributed by atoms with van der Waals surface area (Å²) in [5.41, 5.74) is 2.23. The lowest BCUT2D eigenvalue weighted by Crippen LogP contribution is -2.35. The van der Waals surface area contributed by atoms with Crippen LogP contribution in [0.5, 0.6) is 11.5 Å². The molecule has 0 aliphatic carbocycles. The largest absolute Gasteiger partial charge is 0.493 e. The fourth-order valence-corrected chi connectivity index (χ4v) is 4.65. The number of rotatable bonds is 9. The van der Waals surface area contributed by atoms with Crippen LogP contribution in [0.2, 0.25) is 0 Å². The van der Waals surface area contributed by atoms with E-state index >= 15 is 0 Å². The van der Waals surface area contributed by atoms with Gasteiger partial charge in [0.15, 0.2) is 18.1 Å². The van der Waals surface area contributed by atoms with Crippen molar-refractivity contribution in [2.45, 2.75) is 26.9 Å². The smallest absolute Gasteiger partial charge is 0.326 e. The van der Waals surface area contributed by atoms with Crippen molar-refractivity contribution in [1.82, 2.24) is 4.90 Å². The Kier molecular flexibility index (Phi) is 9.16. The van der Waals surface area contributed by atoms with Crippen molar-refractivity contribution in [2.75, 3.05) is 25.6 Å². The van der Waals surface area contributed by atoms with E-state index < -0.39 is 23.7 Å². The quantitative estimate of drug-likeness (QED) is 0.335. The maximum atomic E-state index is 12.7. The molecule has 1 N–H and O–H groups in total. The van der Waals surface area contributed by atoms with Gasteiger partial charge in [-0.3, -0.25) is 24.1 Å². The molecule has 0 saturated carbocycles. The molecule has 0 aromatic heterocycles. The lowest BCUT2D eigenvalue weighted by Gasteiger charge is -2.14. The number of hydrogen-bond donors (Lipinski definition) is 1. The Balaban J connectivity index is 1.71. The first-order valence-corrected chi connectivity index (χ1v) is 12.5. The maximum absolute atomic E-state index is 12.7. The zero-order chi connectivity index (χ0) is 26.4. The lowest BCUT2D eigenvalue weighted by atomic mass is 10.2. The van der Waals surface area contributed by atoms with Crippen LogP contribution in [-0.4, -0.2) is 54.3 Å². The second-order valence-electron chi connectivity index (χ2n) is 8.05. The second-order valence-corrected chi connectivity index (χ2v) is 9.89. The summed E-state index contributed by atoms with van der Waals surface area (Å²) in [5, 5.41) is 2.21. The molecule has 1 aliphatic rings. The van der Waals surface area contributed by atoms with Gasteiger partial charge in [0.05, 0.1) is 22.6 Å². The van der Waals surface area contributed by atoms with E-state index in [2.05, 4.69) is 21.2 Å². The highest BCUT2D eigenvalue weighted by Gasteiger charge is 2.37. The van der Waals surface area contributed by atoms with Gasteiger partial charge in [-0.25, -0.2) is 0 Å². The van der Waals surface area contributed by atoms with Crippen LogP contribution in [-0.2, 0) is 19.1 Å². The minimum absolute atomic E-state index is 0.150. The summed E-state index contributed by atoms with van der Waals surface area (Å²) in [6.45, 7) is 4.58. The third-order valence-electron chi connectivity index (χ3n) is 4.73. The number of ether oxygens (including phenoxy) is 3. The van der Waals surface area contributed by atoms with Crippen LogP contribution >= 0.6 is 27.7 Å². The Morgan fingerprint density at radius 2 is 1.94 bits per heavy atom. The Morgan fingerprint density at radius 1 is 1.19 bits per heavy atom. The number of hydrogen-bond acceptors (Lipinski definition) is 8. The van der Waals surface area contributed by atoms with Crippen molar-refractivity contribution >= 4 is 62.5 Å². The Morgan fingerprint density at radius 3 is 2.61 bits per heavy atom. The number of anilines is 1. The van der Waals surface area contributed by atoms with Crippen molar-refractivity contribution in [1.29, 1.82) is 0 Å². The van der Waals surface area contributed by atoms with Crippen molar-refractivity contribution < 1.29 is 33.4 Å². The molecule has 2 aromatic carbocycles. The van der Waals surface area contributed by atoms with Crippen LogP contribution in [0.4, 0.5) is 10.5 Å². The number of nitrogens with zero attached hydrogens (tertiary/aromatic N) is 1. The van der Waals surface area contributed by atoms with Gasteiger partial charge < -0.3 is 19.5 Å². The number of amides is 3. The molecular formula is C25H25BrN2O7S. The van der Waals surface area contributed by atoms with Gasteiger partial charge in [0, 0.05) is 5.69 Å². The molecule has 0 bridgehead atoms. The molecule has 3 rings (SSSR count). The number of imide groups is 1. The average molecular weight is 577 g/mol. The van der Waals surface area contributed by atoms with E-state index in [0.717, 1.165) is 22.2 Å². The second kappa shape index (κ2) is 12.1. The van der Waals surface area contributed by atoms with Gasteiger partial charge in [-0.15, -0.1) is 0 Å². The number of halogens is 1. The number of methoxy groups -OCH3 is 1. The van der Waals surface area contributed by atoms with E-state index in [9.17, 15) is 19.2 Å². The third-order valence-corrected chi connectivity index (χ3v) is 6.22. The summed E-state index contributed by atoms with van der Waals surface area (Å²) in [5.74, 6) is -0.972. The van der Waals surface area contributed by atoms with Gasteiger partial charge in [-0.1, -0.05) is 12.1 Å². The Labute approximate surface area is 221 Å². The molecule has 9 nitrogen and oxygen atoms in total. The number of aryl methyl sites for hydroxylation is 1. The topological polar surface area (TPSA) is 111 Å². The molecule has 2 aromatic rings. The SMILES string of the molecule is COc1cc(/C=C2\SC(=O)N(CC(=O)OC(C)C)C2=O)cc(Br)c1OCC(=O)Nc1cccc(C)c1. The molecule has 0 radical (unpaired) electrons. The van der Waals surface area contributed by atoms with Gasteiger partial charge in [-0.05, 0) is 89.9 Å². The Bertz CT molecular complexity index is 1230. The predicted octanol–water partition coefficient (Wildman–Crippen LogP) is 4.77. The average Bonchev–Trinajstić information content (AvgIpc) is 3.04. The molecule has 1 aliphatic heterocycles. The molecule has 3 amide bonds. The zero-order valence-corrected chi connectivity index (χ0v) is 22.5. The Hall–Kier alpha value is -3.31. The first-order valence-electron chi connectivity index (χ1n) is 10.9. The molecule has 0 atom stereocenters. The minimum Gasteiger partial charge on any atom is -0.493 e. The van der Waals surface area contributed by atoms with Crippen LogP contribution in [0.15, 0.2) is 45.8 Å². The highest BCUT2D eigenvalue weighted by Crippen LogP contribution is 2.39. The van der Waals surface area contributed by atoms with Crippen LogP contribution in [0.25, 0.3) is 6.08 Å². The summed E-state index contributed by atoms with van der Waals surface area (Å²) in [6.07, 6.45) is 1.16. The summed E-state index contributed by atoms with van der Waals surface area (Å²) < 4.78 is 16.6. The molecule has 1 heterocycles. The molecular weight excluding hydrogens is 552 g/mol. The normalized spacial score (nSPS) is 14.4. The number of carbonyl (C=O) groups is 4. The summed E-state index contributed by atoms with van der Waals surface area (Å²) in [6, 6.07) is 10.7. The van der Waals surface area contributed by atoms with Gasteiger partial charge in [0.2, 0.25) is 0 Å². The summed E-state index contributed by atoms with van der Waals surface area (Å²) in [7, 11) is 1.44. The lowest BCUT2D eigenvalue weighted by molar-refractivity contribution is -0.149. The fourth-order valence-electron chi connectivity index (χ4n) is 3.24. The number of nitrogens with one attached hydrogen (secondary N) is 1. The molecule has 1 fully saturated rings. The van der Waals surface area contributed by atoms with E-state index in [1.165, 1.54) is 13.2 Å². The number of carbonyl (C=O) groups excluding carboxylic acids is 4. The monoisotopic (exact) mass is 576 g/mol. The van der Waals surface area contributed by atoms with Crippen molar-refractivity contribution in [2.24, 2.45) is 0 Å². The summed E-state index contributed by atoms with van der Waals surface area (Å²) in [4.78, 5) is 50.2. The molecule has 1 saturated heterocycles. The van der Waals surface area contributed by atoms with Crippen LogP contribution in [0.1, 0.15) is 25.0 Å². The molecule has 11 heteroatoms. The van der Waals surface area contributed by atoms with Crippen molar-refractivity contribution in [3.05, 3.63) is 56.9 Å². The maximum Gasteiger partial charge on any atom is 0.326 e. The fraction of sp³-hybridized carbons (Fsp3) is 0.280. The van der Waals surface area contributed by atoms with E-state index in [4.69, 9.17) is 14.2 Å². The highest BCUT2D eigenvalue weighted by atomic mass is 79.9. The third kappa shape index (κ3) is 7.11. The van der Waals surface area contributed by atoms with E-state index in [-0.39, 0.29) is 23.5 Å². The zero-order valence-electron chi connectivity index (χ0n) is 20.1. The number of benzene rings is 2. The van der Waals surface area contributed by atoms with E-state index in [1.54, 1.807) is 32.0 Å². The van der Waals surface area contributed by atoms with Crippen molar-refractivity contribution in [3.8, 4) is 11.5 Å². The number of esters is 1. The standard InChI is InChI=1S/C25H25BrN2O7S/c1-14(2)35-22(30)12-28-24(31)20(36-25(28)32)11-16-9-18(26)23(19(10-16)33-4)34-13-21(29)27-17-7-5-6-15(3)8-17/h5-11,14H,12-13H2,1-4H3,(H,27,29)/b20-11-. The van der Waals surface area contributed by atoms with Crippen LogP contribution < -0.4 is 14.8 Å². The molecule has 190 valence electrons. The van der Waals surface area contributed by atoms with Crippen LogP contribution in [0, 0.1) is 6.92 Å². The molecule has 0 spiro atoms. The first kappa shape index (κ1) is 27.3. The van der Waals surface area contributed by atoms with Crippen molar-refractivity contribution in [3.63, 3.8) is 0 Å². The van der Waals surface area contributed by atoms with Gasteiger partial charge >= 0.3 is 5.97 Å². The summed E-state index contributed by atoms with van der Waals surface area (Å²) >= 11 is 4.14. The predicted molar refractivity (Wildman–Crippen MR) is 140 cm³/mol. The van der Waals surface area contributed by atoms with Gasteiger partial charge in [0.1, 0.15) is 6.54 Å². The van der Waals surface area contributed by atoms with Gasteiger partial charge in [-0.2, -0.15) is 0 Å². The number of thioether (sulfide) groups is 1. The van der Waals surface area contributed by atoms with E-state index in [1.807, 2.05) is 25.1 Å². The van der Waals surface area contributed by atoms with Gasteiger partial charge in [0.25, 0.3) is 17.1 Å². The molecule has 0 unspecified atom stereocenters. The van der Waals surface area contributed by atoms with Crippen LogP contribution in [0.3, 0.4) is 0 Å². The van der Waals surface area contributed by atoms with E-state index in [0.29, 0.717) is 27.2 Å². The molecule has 36 heavy (non-hydrogen) atoms.